The maximum Gasteiger partial charge on any atom is 0.394 e. The summed E-state index contributed by atoms with van der Waals surface area (Å²) in [7, 11) is -4.67. The molecule has 0 radical (unpaired) electrons. The molecule has 0 fully saturated rings. The van der Waals surface area contributed by atoms with Gasteiger partial charge in [-0.15, -0.1) is 11.3 Å². The molecule has 2 rings (SSSR count). The highest BCUT2D eigenvalue weighted by Crippen LogP contribution is 2.28. The van der Waals surface area contributed by atoms with Crippen LogP contribution in [0.4, 0.5) is 0 Å². The molecule has 9 heteroatoms. The Morgan fingerprint density at radius 2 is 1.69 bits per heavy atom. The first-order chi connectivity index (χ1) is 7.27. The van der Waals surface area contributed by atoms with Crippen molar-refractivity contribution < 1.29 is 17.5 Å². The van der Waals surface area contributed by atoms with Gasteiger partial charge in [-0.3, -0.25) is 9.11 Å². The van der Waals surface area contributed by atoms with Gasteiger partial charge in [-0.05, 0) is 12.1 Å². The Balaban J connectivity index is 0.000000221. The van der Waals surface area contributed by atoms with Gasteiger partial charge < -0.3 is 0 Å². The number of halogens is 2. The Bertz CT molecular complexity index is 551. The summed E-state index contributed by atoms with van der Waals surface area (Å²) in [5.74, 6) is 0. The molecule has 0 amide bonds. The fraction of sp³-hybridized carbons (Fsp3) is 0. The summed E-state index contributed by atoms with van der Waals surface area (Å²) in [6, 6.07) is 3.60. The van der Waals surface area contributed by atoms with Crippen LogP contribution in [0.2, 0.25) is 10.0 Å². The van der Waals surface area contributed by atoms with Crippen LogP contribution in [0.5, 0.6) is 0 Å². The largest absolute Gasteiger partial charge is 0.394 e. The van der Waals surface area contributed by atoms with Crippen LogP contribution in [0.1, 0.15) is 0 Å². The molecule has 88 valence electrons. The van der Waals surface area contributed by atoms with E-state index in [4.69, 9.17) is 40.7 Å². The number of nitrogens with zero attached hydrogens (tertiary/aromatic N) is 1. The maximum atomic E-state index is 8.74. The molecule has 1 aromatic carbocycles. The highest BCUT2D eigenvalue weighted by Gasteiger charge is 2.01. The van der Waals surface area contributed by atoms with Crippen molar-refractivity contribution in [1.29, 1.82) is 0 Å². The minimum Gasteiger partial charge on any atom is -0.264 e. The first-order valence-corrected chi connectivity index (χ1v) is 6.69. The van der Waals surface area contributed by atoms with E-state index in [0.717, 1.165) is 10.2 Å². The van der Waals surface area contributed by atoms with E-state index in [0.29, 0.717) is 10.0 Å². The lowest BCUT2D eigenvalue weighted by molar-refractivity contribution is 0.381. The number of hydrogen-bond acceptors (Lipinski definition) is 4. The average molecular weight is 302 g/mol. The molecule has 0 atom stereocenters. The minimum atomic E-state index is -4.67. The van der Waals surface area contributed by atoms with Crippen LogP contribution < -0.4 is 0 Å². The van der Waals surface area contributed by atoms with Gasteiger partial charge in [0, 0.05) is 0 Å². The maximum absolute atomic E-state index is 8.74. The van der Waals surface area contributed by atoms with Gasteiger partial charge >= 0.3 is 10.4 Å². The van der Waals surface area contributed by atoms with Gasteiger partial charge in [0.1, 0.15) is 0 Å². The van der Waals surface area contributed by atoms with Crippen LogP contribution >= 0.6 is 34.5 Å². The van der Waals surface area contributed by atoms with Crippen LogP contribution in [0, 0.1) is 0 Å². The number of benzene rings is 1. The fourth-order valence-corrected chi connectivity index (χ4v) is 1.94. The summed E-state index contributed by atoms with van der Waals surface area (Å²) in [6.45, 7) is 0. The molecule has 0 spiro atoms. The summed E-state index contributed by atoms with van der Waals surface area (Å²) >= 11 is 13.1. The van der Waals surface area contributed by atoms with E-state index >= 15 is 0 Å². The van der Waals surface area contributed by atoms with Crippen LogP contribution in [-0.4, -0.2) is 22.5 Å². The molecule has 2 N–H and O–H groups in total. The first-order valence-electron chi connectivity index (χ1n) is 3.65. The second-order valence-corrected chi connectivity index (χ2v) is 5.13. The van der Waals surface area contributed by atoms with E-state index in [1.807, 2.05) is 6.07 Å². The molecule has 0 aliphatic carbocycles. The zero-order chi connectivity index (χ0) is 12.3. The zero-order valence-electron chi connectivity index (χ0n) is 7.46. The topological polar surface area (TPSA) is 87.5 Å². The summed E-state index contributed by atoms with van der Waals surface area (Å²) in [4.78, 5) is 4.10. The van der Waals surface area contributed by atoms with Crippen molar-refractivity contribution in [3.05, 3.63) is 27.7 Å². The van der Waals surface area contributed by atoms with Gasteiger partial charge in [-0.1, -0.05) is 23.2 Å². The molecule has 0 saturated heterocycles. The molecule has 0 bridgehead atoms. The highest BCUT2D eigenvalue weighted by atomic mass is 35.5. The number of fused-ring (bicyclic) bond motifs is 1. The Kier molecular flexibility index (Phi) is 4.48. The van der Waals surface area contributed by atoms with E-state index in [1.165, 1.54) is 0 Å². The molecular weight excluding hydrogens is 297 g/mol. The first kappa shape index (κ1) is 13.6. The SMILES string of the molecule is Clc1cc2ncsc2cc1Cl.O=S(=O)(O)O. The molecule has 2 aromatic rings. The third-order valence-electron chi connectivity index (χ3n) is 1.37. The molecule has 0 aliphatic heterocycles. The van der Waals surface area contributed by atoms with Gasteiger partial charge in [-0.25, -0.2) is 4.98 Å². The third-order valence-corrected chi connectivity index (χ3v) is 2.89. The van der Waals surface area contributed by atoms with Gasteiger partial charge in [0.15, 0.2) is 0 Å². The van der Waals surface area contributed by atoms with E-state index in [2.05, 4.69) is 4.98 Å². The van der Waals surface area contributed by atoms with Gasteiger partial charge in [-0.2, -0.15) is 8.42 Å². The highest BCUT2D eigenvalue weighted by molar-refractivity contribution is 7.79. The lowest BCUT2D eigenvalue weighted by atomic mass is 10.3. The van der Waals surface area contributed by atoms with Crippen molar-refractivity contribution in [3.8, 4) is 0 Å². The van der Waals surface area contributed by atoms with Crippen molar-refractivity contribution in [1.82, 2.24) is 4.98 Å². The molecule has 0 aliphatic rings. The second-order valence-electron chi connectivity index (χ2n) is 2.53. The number of aromatic nitrogens is 1. The monoisotopic (exact) mass is 301 g/mol. The van der Waals surface area contributed by atoms with E-state index in [9.17, 15) is 0 Å². The molecule has 1 heterocycles. The van der Waals surface area contributed by atoms with Crippen molar-refractivity contribution in [2.24, 2.45) is 0 Å². The predicted octanol–water partition coefficient (Wildman–Crippen LogP) is 2.95. The quantitative estimate of drug-likeness (QED) is 0.730. The fourth-order valence-electron chi connectivity index (χ4n) is 0.853. The number of hydrogen-bond donors (Lipinski definition) is 2. The molecule has 1 aromatic heterocycles. The van der Waals surface area contributed by atoms with Crippen LogP contribution in [0.15, 0.2) is 17.6 Å². The molecule has 0 unspecified atom stereocenters. The summed E-state index contributed by atoms with van der Waals surface area (Å²) in [6.07, 6.45) is 0. The molecule has 0 saturated carbocycles. The molecule has 5 nitrogen and oxygen atoms in total. The standard InChI is InChI=1S/C7H3Cl2NS.H2O4S/c8-4-1-6-7(2-5(4)9)11-3-10-6;1-5(2,3)4/h1-3H;(H2,1,2,3,4). The average Bonchev–Trinajstić information content (AvgIpc) is 2.49. The van der Waals surface area contributed by atoms with Gasteiger partial charge in [0.2, 0.25) is 0 Å². The van der Waals surface area contributed by atoms with E-state index in [-0.39, 0.29) is 0 Å². The van der Waals surface area contributed by atoms with Crippen molar-refractivity contribution in [2.75, 3.05) is 0 Å². The Labute approximate surface area is 105 Å². The summed E-state index contributed by atoms with van der Waals surface area (Å²) in [5, 5.41) is 1.15. The van der Waals surface area contributed by atoms with Crippen molar-refractivity contribution in [2.45, 2.75) is 0 Å². The Morgan fingerprint density at radius 1 is 1.19 bits per heavy atom. The number of thiazole rings is 1. The predicted molar refractivity (Wildman–Crippen MR) is 63.8 cm³/mol. The van der Waals surface area contributed by atoms with E-state index < -0.39 is 10.4 Å². The molecular formula is C7H5Cl2NO4S2. The Morgan fingerprint density at radius 3 is 2.25 bits per heavy atom. The number of rotatable bonds is 0. The third kappa shape index (κ3) is 4.60. The zero-order valence-corrected chi connectivity index (χ0v) is 10.6. The smallest absolute Gasteiger partial charge is 0.264 e. The summed E-state index contributed by atoms with van der Waals surface area (Å²) in [5.41, 5.74) is 2.68. The van der Waals surface area contributed by atoms with Crippen LogP contribution in [-0.2, 0) is 10.4 Å². The Hall–Kier alpha value is -0.440. The van der Waals surface area contributed by atoms with Crippen molar-refractivity contribution >= 4 is 55.2 Å². The second kappa shape index (κ2) is 5.26. The lowest BCUT2D eigenvalue weighted by Crippen LogP contribution is -1.89. The summed E-state index contributed by atoms with van der Waals surface area (Å²) < 4.78 is 32.7. The minimum absolute atomic E-state index is 0.560. The van der Waals surface area contributed by atoms with Crippen LogP contribution in [0.3, 0.4) is 0 Å². The van der Waals surface area contributed by atoms with Gasteiger partial charge in [0.05, 0.1) is 25.8 Å². The lowest BCUT2D eigenvalue weighted by Gasteiger charge is -1.92. The van der Waals surface area contributed by atoms with Gasteiger partial charge in [0.25, 0.3) is 0 Å². The molecule has 16 heavy (non-hydrogen) atoms. The normalized spacial score (nSPS) is 11.0. The van der Waals surface area contributed by atoms with Crippen molar-refractivity contribution in [3.63, 3.8) is 0 Å². The van der Waals surface area contributed by atoms with E-state index in [1.54, 1.807) is 22.9 Å². The van der Waals surface area contributed by atoms with Crippen LogP contribution in [0.25, 0.3) is 10.2 Å².